The number of halogens is 1. The zero-order chi connectivity index (χ0) is 18.4. The van der Waals surface area contributed by atoms with Gasteiger partial charge in [-0.2, -0.15) is 0 Å². The maximum Gasteiger partial charge on any atom is 0.150 e. The molecule has 0 unspecified atom stereocenters. The Kier molecular flexibility index (Phi) is 6.94. The Morgan fingerprint density at radius 1 is 1.19 bits per heavy atom. The molecule has 142 valence electrons. The fourth-order valence-corrected chi connectivity index (χ4v) is 3.41. The molecule has 0 bridgehead atoms. The molecule has 1 aliphatic rings. The number of hydrogen-bond donors (Lipinski definition) is 1. The molecule has 1 fully saturated rings. The van der Waals surface area contributed by atoms with Crippen LogP contribution in [0.3, 0.4) is 0 Å². The van der Waals surface area contributed by atoms with Crippen molar-refractivity contribution < 1.29 is 4.52 Å². The van der Waals surface area contributed by atoms with E-state index < -0.39 is 0 Å². The third-order valence-corrected chi connectivity index (χ3v) is 5.08. The van der Waals surface area contributed by atoms with Crippen molar-refractivity contribution in [3.8, 4) is 0 Å². The molecule has 0 saturated carbocycles. The Labute approximate surface area is 161 Å². The highest BCUT2D eigenvalue weighted by molar-refractivity contribution is 6.30. The monoisotopic (exact) mass is 376 g/mol. The van der Waals surface area contributed by atoms with Crippen LogP contribution in [0.2, 0.25) is 5.02 Å². The first-order valence-electron chi connectivity index (χ1n) is 9.51. The summed E-state index contributed by atoms with van der Waals surface area (Å²) in [5.74, 6) is 1.34. The summed E-state index contributed by atoms with van der Waals surface area (Å²) < 4.78 is 5.35. The summed E-state index contributed by atoms with van der Waals surface area (Å²) in [6.07, 6.45) is 1.14. The number of piperazine rings is 1. The number of aromatic nitrogens is 1. The summed E-state index contributed by atoms with van der Waals surface area (Å²) in [5, 5.41) is 8.35. The Balaban J connectivity index is 1.30. The molecular weight excluding hydrogens is 348 g/mol. The summed E-state index contributed by atoms with van der Waals surface area (Å²) in [4.78, 5) is 4.95. The molecule has 0 amide bonds. The first-order valence-corrected chi connectivity index (χ1v) is 9.88. The van der Waals surface area contributed by atoms with Crippen molar-refractivity contribution in [3.63, 3.8) is 0 Å². The van der Waals surface area contributed by atoms with E-state index in [1.807, 2.05) is 18.2 Å². The van der Waals surface area contributed by atoms with Crippen LogP contribution in [0, 0.1) is 0 Å². The molecule has 1 aromatic heterocycles. The molecule has 0 spiro atoms. The summed E-state index contributed by atoms with van der Waals surface area (Å²) in [6, 6.07) is 10.2. The van der Waals surface area contributed by atoms with Gasteiger partial charge in [0, 0.05) is 43.0 Å². The zero-order valence-electron chi connectivity index (χ0n) is 15.7. The average molecular weight is 377 g/mol. The Morgan fingerprint density at radius 3 is 2.69 bits per heavy atom. The van der Waals surface area contributed by atoms with Crippen LogP contribution in [-0.2, 0) is 6.54 Å². The molecule has 0 atom stereocenters. The third-order valence-electron chi connectivity index (χ3n) is 4.84. The topological polar surface area (TPSA) is 44.5 Å². The summed E-state index contributed by atoms with van der Waals surface area (Å²) >= 11 is 6.10. The van der Waals surface area contributed by atoms with Gasteiger partial charge in [0.2, 0.25) is 0 Å². The second kappa shape index (κ2) is 9.40. The van der Waals surface area contributed by atoms with E-state index in [0.29, 0.717) is 5.92 Å². The van der Waals surface area contributed by atoms with E-state index in [1.54, 1.807) is 0 Å². The molecule has 5 nitrogen and oxygen atoms in total. The van der Waals surface area contributed by atoms with Crippen LogP contribution in [0.5, 0.6) is 0 Å². The van der Waals surface area contributed by atoms with Gasteiger partial charge in [-0.1, -0.05) is 36.7 Å². The number of nitrogens with one attached hydrogen (secondary N) is 1. The molecule has 3 rings (SSSR count). The van der Waals surface area contributed by atoms with Crippen molar-refractivity contribution in [1.29, 1.82) is 0 Å². The van der Waals surface area contributed by atoms with Crippen molar-refractivity contribution in [3.05, 3.63) is 46.8 Å². The predicted molar refractivity (Wildman–Crippen MR) is 107 cm³/mol. The Hall–Kier alpha value is -1.56. The van der Waals surface area contributed by atoms with Crippen molar-refractivity contribution in [1.82, 2.24) is 15.4 Å². The molecule has 1 saturated heterocycles. The van der Waals surface area contributed by atoms with Gasteiger partial charge in [-0.15, -0.1) is 0 Å². The zero-order valence-corrected chi connectivity index (χ0v) is 16.5. The van der Waals surface area contributed by atoms with E-state index in [1.165, 1.54) is 5.69 Å². The smallest absolute Gasteiger partial charge is 0.150 e. The summed E-state index contributed by atoms with van der Waals surface area (Å²) in [5.41, 5.74) is 2.26. The molecule has 1 aromatic carbocycles. The maximum atomic E-state index is 6.10. The largest absolute Gasteiger partial charge is 0.369 e. The highest BCUT2D eigenvalue weighted by Gasteiger charge is 2.16. The van der Waals surface area contributed by atoms with Crippen LogP contribution in [0.25, 0.3) is 0 Å². The van der Waals surface area contributed by atoms with Crippen molar-refractivity contribution >= 4 is 17.3 Å². The van der Waals surface area contributed by atoms with Gasteiger partial charge in [-0.3, -0.25) is 4.90 Å². The van der Waals surface area contributed by atoms with Gasteiger partial charge in [0.1, 0.15) is 0 Å². The van der Waals surface area contributed by atoms with E-state index in [-0.39, 0.29) is 0 Å². The molecule has 1 N–H and O–H groups in total. The van der Waals surface area contributed by atoms with E-state index in [0.717, 1.165) is 68.7 Å². The normalized spacial score (nSPS) is 15.8. The first-order chi connectivity index (χ1) is 12.6. The Morgan fingerprint density at radius 2 is 2.00 bits per heavy atom. The molecule has 26 heavy (non-hydrogen) atoms. The van der Waals surface area contributed by atoms with Crippen LogP contribution in [0.15, 0.2) is 34.9 Å². The van der Waals surface area contributed by atoms with Gasteiger partial charge < -0.3 is 14.7 Å². The van der Waals surface area contributed by atoms with Gasteiger partial charge in [-0.05, 0) is 43.6 Å². The molecule has 6 heteroatoms. The van der Waals surface area contributed by atoms with Crippen molar-refractivity contribution in [2.75, 3.05) is 44.2 Å². The minimum Gasteiger partial charge on any atom is -0.369 e. The lowest BCUT2D eigenvalue weighted by atomic mass is 10.1. The minimum absolute atomic E-state index is 0.415. The SMILES string of the molecule is CC(C)c1cc(CNCCCN2CCN(c3cccc(Cl)c3)CC2)on1. The second-order valence-electron chi connectivity index (χ2n) is 7.21. The van der Waals surface area contributed by atoms with Gasteiger partial charge in [0.25, 0.3) is 0 Å². The highest BCUT2D eigenvalue weighted by atomic mass is 35.5. The van der Waals surface area contributed by atoms with Gasteiger partial charge in [-0.25, -0.2) is 0 Å². The van der Waals surface area contributed by atoms with Crippen LogP contribution in [-0.4, -0.2) is 49.3 Å². The van der Waals surface area contributed by atoms with Crippen LogP contribution < -0.4 is 10.2 Å². The number of benzene rings is 1. The lowest BCUT2D eigenvalue weighted by Gasteiger charge is -2.36. The summed E-state index contributed by atoms with van der Waals surface area (Å²) in [7, 11) is 0. The molecule has 2 aromatic rings. The number of hydrogen-bond acceptors (Lipinski definition) is 5. The quantitative estimate of drug-likeness (QED) is 0.711. The van der Waals surface area contributed by atoms with Gasteiger partial charge >= 0.3 is 0 Å². The summed E-state index contributed by atoms with van der Waals surface area (Å²) in [6.45, 7) is 11.5. The Bertz CT molecular complexity index is 680. The van der Waals surface area contributed by atoms with E-state index >= 15 is 0 Å². The van der Waals surface area contributed by atoms with E-state index in [4.69, 9.17) is 16.1 Å². The second-order valence-corrected chi connectivity index (χ2v) is 7.65. The van der Waals surface area contributed by atoms with Gasteiger partial charge in [0.15, 0.2) is 5.76 Å². The van der Waals surface area contributed by atoms with Crippen molar-refractivity contribution in [2.45, 2.75) is 32.7 Å². The third kappa shape index (κ3) is 5.47. The minimum atomic E-state index is 0.415. The van der Waals surface area contributed by atoms with Gasteiger partial charge in [0.05, 0.1) is 12.2 Å². The lowest BCUT2D eigenvalue weighted by molar-refractivity contribution is 0.253. The standard InChI is InChI=1S/C20H29ClN4O/c1-16(2)20-14-19(26-23-20)15-22-7-4-8-24-9-11-25(12-10-24)18-6-3-5-17(21)13-18/h3,5-6,13-14,16,22H,4,7-12,15H2,1-2H3. The lowest BCUT2D eigenvalue weighted by Crippen LogP contribution is -2.47. The average Bonchev–Trinajstić information content (AvgIpc) is 3.11. The number of nitrogens with zero attached hydrogens (tertiary/aromatic N) is 3. The molecule has 1 aliphatic heterocycles. The highest BCUT2D eigenvalue weighted by Crippen LogP contribution is 2.20. The number of rotatable bonds is 8. The fraction of sp³-hybridized carbons (Fsp3) is 0.550. The molecular formula is C20H29ClN4O. The molecule has 0 aliphatic carbocycles. The van der Waals surface area contributed by atoms with Crippen LogP contribution in [0.1, 0.15) is 37.6 Å². The number of anilines is 1. The van der Waals surface area contributed by atoms with Crippen LogP contribution in [0.4, 0.5) is 5.69 Å². The van der Waals surface area contributed by atoms with Crippen molar-refractivity contribution in [2.24, 2.45) is 0 Å². The fourth-order valence-electron chi connectivity index (χ4n) is 3.23. The van der Waals surface area contributed by atoms with E-state index in [9.17, 15) is 0 Å². The van der Waals surface area contributed by atoms with E-state index in [2.05, 4.69) is 46.3 Å². The predicted octanol–water partition coefficient (Wildman–Crippen LogP) is 3.75. The van der Waals surface area contributed by atoms with Crippen LogP contribution >= 0.6 is 11.6 Å². The maximum absolute atomic E-state index is 6.10. The molecule has 2 heterocycles. The first kappa shape index (κ1) is 19.2. The molecule has 0 radical (unpaired) electrons.